The average Bonchev–Trinajstić information content (AvgIpc) is 2.89. The van der Waals surface area contributed by atoms with Gasteiger partial charge >= 0.3 is 0 Å². The number of benzene rings is 1. The van der Waals surface area contributed by atoms with Crippen molar-refractivity contribution in [2.24, 2.45) is 4.99 Å². The molecule has 0 unspecified atom stereocenters. The summed E-state index contributed by atoms with van der Waals surface area (Å²) in [4.78, 5) is 5.50. The van der Waals surface area contributed by atoms with E-state index in [1.165, 1.54) is 24.2 Å². The number of nitrogens with one attached hydrogen (secondary N) is 2. The number of aromatic nitrogens is 3. The van der Waals surface area contributed by atoms with E-state index in [1.807, 2.05) is 24.3 Å². The second-order valence-electron chi connectivity index (χ2n) is 6.15. The number of aliphatic imine (C=N–C) groups is 1. The number of guanidine groups is 1. The maximum atomic E-state index is 5.91. The monoisotopic (exact) mass is 392 g/mol. The molecular weight excluding hydrogens is 368 g/mol. The van der Waals surface area contributed by atoms with E-state index in [9.17, 15) is 0 Å². The van der Waals surface area contributed by atoms with Crippen LogP contribution in [0.4, 0.5) is 0 Å². The van der Waals surface area contributed by atoms with E-state index in [-0.39, 0.29) is 0 Å². The molecule has 0 saturated carbocycles. The van der Waals surface area contributed by atoms with Crippen molar-refractivity contribution in [1.29, 1.82) is 0 Å². The Balaban J connectivity index is 1.42. The van der Waals surface area contributed by atoms with Gasteiger partial charge in [-0.15, -0.1) is 22.0 Å². The van der Waals surface area contributed by atoms with E-state index >= 15 is 0 Å². The number of hydrogen-bond acceptors (Lipinski definition) is 4. The van der Waals surface area contributed by atoms with Crippen LogP contribution in [0, 0.1) is 0 Å². The Morgan fingerprint density at radius 3 is 2.85 bits per heavy atom. The minimum Gasteiger partial charge on any atom is -0.356 e. The van der Waals surface area contributed by atoms with Gasteiger partial charge < -0.3 is 15.2 Å². The molecule has 1 aliphatic heterocycles. The van der Waals surface area contributed by atoms with Crippen LogP contribution in [0.1, 0.15) is 30.9 Å². The third-order valence-electron chi connectivity index (χ3n) is 4.30. The van der Waals surface area contributed by atoms with Crippen LogP contribution >= 0.6 is 23.4 Å². The SMILES string of the molecule is CN=C(NCCSc1ccc(Cl)cc1)NCc1nnc2n1CCCCC2. The van der Waals surface area contributed by atoms with Gasteiger partial charge in [0, 0.05) is 42.2 Å². The molecule has 2 N–H and O–H groups in total. The normalized spacial score (nSPS) is 14.6. The van der Waals surface area contributed by atoms with Crippen LogP contribution in [0.3, 0.4) is 0 Å². The largest absolute Gasteiger partial charge is 0.356 e. The molecule has 1 aromatic carbocycles. The number of halogens is 1. The van der Waals surface area contributed by atoms with Crippen molar-refractivity contribution in [3.8, 4) is 0 Å². The van der Waals surface area contributed by atoms with E-state index in [4.69, 9.17) is 11.6 Å². The molecule has 0 atom stereocenters. The smallest absolute Gasteiger partial charge is 0.191 e. The maximum Gasteiger partial charge on any atom is 0.191 e. The Kier molecular flexibility index (Phi) is 7.20. The van der Waals surface area contributed by atoms with Crippen molar-refractivity contribution in [1.82, 2.24) is 25.4 Å². The molecule has 0 saturated heterocycles. The first-order valence-electron chi connectivity index (χ1n) is 9.00. The summed E-state index contributed by atoms with van der Waals surface area (Å²) in [6.07, 6.45) is 4.71. The predicted octanol–water partition coefficient (Wildman–Crippen LogP) is 3.12. The molecule has 3 rings (SSSR count). The van der Waals surface area contributed by atoms with Gasteiger partial charge in [0.15, 0.2) is 11.8 Å². The van der Waals surface area contributed by atoms with Gasteiger partial charge in [0.05, 0.1) is 6.54 Å². The number of hydrogen-bond donors (Lipinski definition) is 2. The van der Waals surface area contributed by atoms with Crippen LogP contribution in [-0.2, 0) is 19.5 Å². The molecular formula is C18H25ClN6S. The zero-order valence-corrected chi connectivity index (χ0v) is 16.6. The molecule has 1 aliphatic rings. The lowest BCUT2D eigenvalue weighted by atomic mass is 10.2. The summed E-state index contributed by atoms with van der Waals surface area (Å²) in [6, 6.07) is 7.91. The van der Waals surface area contributed by atoms with Crippen LogP contribution in [0.2, 0.25) is 5.02 Å². The molecule has 6 nitrogen and oxygen atoms in total. The van der Waals surface area contributed by atoms with Crippen molar-refractivity contribution in [2.75, 3.05) is 19.3 Å². The van der Waals surface area contributed by atoms with Crippen molar-refractivity contribution >= 4 is 29.3 Å². The highest BCUT2D eigenvalue weighted by Crippen LogP contribution is 2.19. The Labute approximate surface area is 163 Å². The molecule has 2 aromatic rings. The molecule has 0 bridgehead atoms. The second-order valence-corrected chi connectivity index (χ2v) is 7.75. The van der Waals surface area contributed by atoms with Crippen LogP contribution in [-0.4, -0.2) is 40.1 Å². The van der Waals surface area contributed by atoms with Crippen LogP contribution in [0.15, 0.2) is 34.2 Å². The van der Waals surface area contributed by atoms with E-state index in [1.54, 1.807) is 18.8 Å². The summed E-state index contributed by atoms with van der Waals surface area (Å²) in [5.41, 5.74) is 0. The molecule has 0 radical (unpaired) electrons. The van der Waals surface area contributed by atoms with E-state index in [2.05, 4.69) is 30.4 Å². The van der Waals surface area contributed by atoms with Crippen molar-refractivity contribution in [3.63, 3.8) is 0 Å². The van der Waals surface area contributed by atoms with E-state index in [0.717, 1.165) is 47.9 Å². The van der Waals surface area contributed by atoms with E-state index < -0.39 is 0 Å². The highest BCUT2D eigenvalue weighted by atomic mass is 35.5. The van der Waals surface area contributed by atoms with Gasteiger partial charge in [-0.1, -0.05) is 18.0 Å². The van der Waals surface area contributed by atoms with Gasteiger partial charge in [-0.2, -0.15) is 0 Å². The lowest BCUT2D eigenvalue weighted by molar-refractivity contribution is 0.597. The predicted molar refractivity (Wildman–Crippen MR) is 108 cm³/mol. The first-order valence-corrected chi connectivity index (χ1v) is 10.4. The highest BCUT2D eigenvalue weighted by molar-refractivity contribution is 7.99. The first kappa shape index (κ1) is 19.0. The lowest BCUT2D eigenvalue weighted by Gasteiger charge is -2.12. The minimum absolute atomic E-state index is 0.636. The van der Waals surface area contributed by atoms with Gasteiger partial charge in [-0.05, 0) is 37.1 Å². The Bertz CT molecular complexity index is 728. The zero-order chi connectivity index (χ0) is 18.2. The molecule has 0 aliphatic carbocycles. The van der Waals surface area contributed by atoms with Crippen molar-refractivity contribution in [3.05, 3.63) is 40.9 Å². The van der Waals surface area contributed by atoms with E-state index in [0.29, 0.717) is 6.54 Å². The Hall–Kier alpha value is -1.73. The molecule has 140 valence electrons. The fourth-order valence-electron chi connectivity index (χ4n) is 2.93. The lowest BCUT2D eigenvalue weighted by Crippen LogP contribution is -2.38. The van der Waals surface area contributed by atoms with Crippen LogP contribution in [0.5, 0.6) is 0 Å². The summed E-state index contributed by atoms with van der Waals surface area (Å²) in [5, 5.41) is 16.1. The standard InChI is InChI=1S/C18H25ClN6S/c1-20-18(21-10-12-26-15-8-6-14(19)7-9-15)22-13-17-24-23-16-5-3-2-4-11-25(16)17/h6-9H,2-5,10-13H2,1H3,(H2,20,21,22). The summed E-state index contributed by atoms with van der Waals surface area (Å²) >= 11 is 7.69. The zero-order valence-electron chi connectivity index (χ0n) is 15.0. The van der Waals surface area contributed by atoms with Crippen molar-refractivity contribution in [2.45, 2.75) is 43.7 Å². The molecule has 2 heterocycles. The Morgan fingerprint density at radius 1 is 1.19 bits per heavy atom. The Morgan fingerprint density at radius 2 is 2.04 bits per heavy atom. The molecule has 0 fully saturated rings. The fourth-order valence-corrected chi connectivity index (χ4v) is 3.82. The number of thioether (sulfide) groups is 1. The van der Waals surface area contributed by atoms with Crippen LogP contribution < -0.4 is 10.6 Å². The second kappa shape index (κ2) is 9.83. The third kappa shape index (κ3) is 5.38. The van der Waals surface area contributed by atoms with Gasteiger partial charge in [0.1, 0.15) is 5.82 Å². The quantitative estimate of drug-likeness (QED) is 0.342. The minimum atomic E-state index is 0.636. The molecule has 8 heteroatoms. The highest BCUT2D eigenvalue weighted by Gasteiger charge is 2.14. The molecule has 0 spiro atoms. The van der Waals surface area contributed by atoms with Gasteiger partial charge in [0.2, 0.25) is 0 Å². The summed E-state index contributed by atoms with van der Waals surface area (Å²) in [5.74, 6) is 3.83. The number of nitrogens with zero attached hydrogens (tertiary/aromatic N) is 4. The number of aryl methyl sites for hydroxylation is 1. The third-order valence-corrected chi connectivity index (χ3v) is 5.57. The average molecular weight is 393 g/mol. The van der Waals surface area contributed by atoms with Gasteiger partial charge in [0.25, 0.3) is 0 Å². The summed E-state index contributed by atoms with van der Waals surface area (Å²) in [6.45, 7) is 2.48. The topological polar surface area (TPSA) is 67.1 Å². The number of rotatable bonds is 6. The van der Waals surface area contributed by atoms with Crippen LogP contribution in [0.25, 0.3) is 0 Å². The molecule has 26 heavy (non-hydrogen) atoms. The molecule has 0 amide bonds. The summed E-state index contributed by atoms with van der Waals surface area (Å²) in [7, 11) is 1.78. The first-order chi connectivity index (χ1) is 12.8. The molecule has 1 aromatic heterocycles. The fraction of sp³-hybridized carbons (Fsp3) is 0.500. The van der Waals surface area contributed by atoms with Crippen molar-refractivity contribution < 1.29 is 0 Å². The summed E-state index contributed by atoms with van der Waals surface area (Å²) < 4.78 is 2.25. The maximum absolute atomic E-state index is 5.91. The van der Waals surface area contributed by atoms with Gasteiger partial charge in [-0.25, -0.2) is 0 Å². The van der Waals surface area contributed by atoms with Gasteiger partial charge in [-0.3, -0.25) is 4.99 Å². The number of fused-ring (bicyclic) bond motifs is 1.